The van der Waals surface area contributed by atoms with Crippen molar-refractivity contribution in [2.75, 3.05) is 5.32 Å². The Bertz CT molecular complexity index is 823. The highest BCUT2D eigenvalue weighted by atomic mass is 35.5. The Morgan fingerprint density at radius 1 is 1.11 bits per heavy atom. The largest absolute Gasteiger partial charge is 0.477 e. The molecule has 146 valence electrons. The van der Waals surface area contributed by atoms with Gasteiger partial charge >= 0.3 is 5.97 Å². The first kappa shape index (κ1) is 21.1. The third kappa shape index (κ3) is 5.61. The van der Waals surface area contributed by atoms with E-state index >= 15 is 0 Å². The predicted octanol–water partition coefficient (Wildman–Crippen LogP) is 4.11. The molecule has 2 aromatic rings. The van der Waals surface area contributed by atoms with Gasteiger partial charge in [-0.25, -0.2) is 9.48 Å². The molecule has 0 fully saturated rings. The van der Waals surface area contributed by atoms with Crippen molar-refractivity contribution in [1.29, 1.82) is 0 Å². The summed E-state index contributed by atoms with van der Waals surface area (Å²) >= 11 is 11.8. The van der Waals surface area contributed by atoms with Crippen LogP contribution >= 0.6 is 23.2 Å². The van der Waals surface area contributed by atoms with Crippen molar-refractivity contribution >= 4 is 40.9 Å². The molecule has 0 aliphatic carbocycles. The molecule has 1 aromatic heterocycles. The molecule has 0 spiro atoms. The standard InChI is InChI=1S/C18H21Cl2N3O4/c1-10(2)23-16(7-8-21-23)22-17(24)11(3)27-18(25)12(4)26-15-6-5-13(19)9-14(15)20/h5-12H,1-4H3,(H,22,24)/t11-,12-/m0/s1. The number of rotatable bonds is 7. The highest BCUT2D eigenvalue weighted by Gasteiger charge is 2.24. The average Bonchev–Trinajstić information content (AvgIpc) is 3.05. The van der Waals surface area contributed by atoms with E-state index in [4.69, 9.17) is 32.7 Å². The monoisotopic (exact) mass is 413 g/mol. The summed E-state index contributed by atoms with van der Waals surface area (Å²) in [7, 11) is 0. The number of esters is 1. The minimum Gasteiger partial charge on any atom is -0.477 e. The Balaban J connectivity index is 1.93. The number of benzene rings is 1. The van der Waals surface area contributed by atoms with Gasteiger partial charge in [-0.15, -0.1) is 0 Å². The molecular formula is C18H21Cl2N3O4. The molecule has 0 radical (unpaired) electrons. The molecule has 2 atom stereocenters. The average molecular weight is 414 g/mol. The van der Waals surface area contributed by atoms with E-state index in [0.717, 1.165) is 0 Å². The summed E-state index contributed by atoms with van der Waals surface area (Å²) in [5.74, 6) is -0.345. The third-order valence-electron chi connectivity index (χ3n) is 3.60. The van der Waals surface area contributed by atoms with Crippen LogP contribution in [0.25, 0.3) is 0 Å². The van der Waals surface area contributed by atoms with Crippen molar-refractivity contribution in [1.82, 2.24) is 9.78 Å². The number of hydrogen-bond acceptors (Lipinski definition) is 5. The first-order valence-electron chi connectivity index (χ1n) is 8.35. The fourth-order valence-electron chi connectivity index (χ4n) is 2.19. The molecule has 1 N–H and O–H groups in total. The molecule has 0 unspecified atom stereocenters. The number of amides is 1. The van der Waals surface area contributed by atoms with Gasteiger partial charge in [0.25, 0.3) is 5.91 Å². The van der Waals surface area contributed by atoms with Crippen LogP contribution in [0.1, 0.15) is 33.7 Å². The summed E-state index contributed by atoms with van der Waals surface area (Å²) in [6.45, 7) is 6.86. The van der Waals surface area contributed by atoms with E-state index in [2.05, 4.69) is 10.4 Å². The summed E-state index contributed by atoms with van der Waals surface area (Å²) in [6.07, 6.45) is -0.391. The zero-order chi connectivity index (χ0) is 20.1. The smallest absolute Gasteiger partial charge is 0.347 e. The molecule has 2 rings (SSSR count). The summed E-state index contributed by atoms with van der Waals surface area (Å²) in [5.41, 5.74) is 0. The first-order valence-corrected chi connectivity index (χ1v) is 9.11. The number of aromatic nitrogens is 2. The zero-order valence-corrected chi connectivity index (χ0v) is 16.9. The molecule has 1 aromatic carbocycles. The van der Waals surface area contributed by atoms with Gasteiger partial charge in [0.15, 0.2) is 12.2 Å². The van der Waals surface area contributed by atoms with Crippen LogP contribution in [0.4, 0.5) is 5.82 Å². The van der Waals surface area contributed by atoms with Crippen molar-refractivity contribution in [2.24, 2.45) is 0 Å². The van der Waals surface area contributed by atoms with Crippen LogP contribution in [0, 0.1) is 0 Å². The van der Waals surface area contributed by atoms with E-state index in [9.17, 15) is 9.59 Å². The van der Waals surface area contributed by atoms with Gasteiger partial charge in [0, 0.05) is 17.1 Å². The van der Waals surface area contributed by atoms with Gasteiger partial charge in [0.1, 0.15) is 11.6 Å². The molecule has 0 saturated heterocycles. The molecule has 0 saturated carbocycles. The lowest BCUT2D eigenvalue weighted by molar-refractivity contribution is -0.159. The third-order valence-corrected chi connectivity index (χ3v) is 4.13. The summed E-state index contributed by atoms with van der Waals surface area (Å²) < 4.78 is 12.3. The highest BCUT2D eigenvalue weighted by Crippen LogP contribution is 2.28. The minimum absolute atomic E-state index is 0.0747. The van der Waals surface area contributed by atoms with Crippen LogP contribution < -0.4 is 10.1 Å². The van der Waals surface area contributed by atoms with Crippen molar-refractivity contribution in [2.45, 2.75) is 45.9 Å². The van der Waals surface area contributed by atoms with Gasteiger partial charge in [0.2, 0.25) is 0 Å². The maximum Gasteiger partial charge on any atom is 0.347 e. The highest BCUT2D eigenvalue weighted by molar-refractivity contribution is 6.35. The number of nitrogens with one attached hydrogen (secondary N) is 1. The molecule has 9 heteroatoms. The van der Waals surface area contributed by atoms with Crippen molar-refractivity contribution in [3.63, 3.8) is 0 Å². The lowest BCUT2D eigenvalue weighted by Gasteiger charge is -2.19. The summed E-state index contributed by atoms with van der Waals surface area (Å²) in [6, 6.07) is 6.39. The molecule has 1 amide bonds. The number of halogens is 2. The normalized spacial score (nSPS) is 13.1. The van der Waals surface area contributed by atoms with Crippen LogP contribution in [0.3, 0.4) is 0 Å². The van der Waals surface area contributed by atoms with Crippen LogP contribution in [0.5, 0.6) is 5.75 Å². The fraction of sp³-hybridized carbons (Fsp3) is 0.389. The minimum atomic E-state index is -1.01. The van der Waals surface area contributed by atoms with E-state index in [1.807, 2.05) is 13.8 Å². The van der Waals surface area contributed by atoms with Gasteiger partial charge < -0.3 is 14.8 Å². The molecule has 0 aliphatic heterocycles. The van der Waals surface area contributed by atoms with E-state index in [-0.39, 0.29) is 11.1 Å². The number of nitrogens with zero attached hydrogens (tertiary/aromatic N) is 2. The number of carbonyl (C=O) groups excluding carboxylic acids is 2. The molecule has 0 bridgehead atoms. The van der Waals surface area contributed by atoms with Crippen LogP contribution in [0.15, 0.2) is 30.5 Å². The van der Waals surface area contributed by atoms with E-state index < -0.39 is 24.1 Å². The molecule has 1 heterocycles. The second kappa shape index (κ2) is 9.10. The van der Waals surface area contributed by atoms with Gasteiger partial charge in [-0.3, -0.25) is 4.79 Å². The van der Waals surface area contributed by atoms with Gasteiger partial charge in [0.05, 0.1) is 11.2 Å². The summed E-state index contributed by atoms with van der Waals surface area (Å²) in [5, 5.41) is 7.54. The van der Waals surface area contributed by atoms with Crippen molar-refractivity contribution in [3.8, 4) is 5.75 Å². The maximum atomic E-state index is 12.3. The van der Waals surface area contributed by atoms with Crippen molar-refractivity contribution < 1.29 is 19.1 Å². The van der Waals surface area contributed by atoms with E-state index in [1.165, 1.54) is 19.9 Å². The second-order valence-corrected chi connectivity index (χ2v) is 7.00. The van der Waals surface area contributed by atoms with Crippen LogP contribution in [-0.4, -0.2) is 33.9 Å². The lowest BCUT2D eigenvalue weighted by atomic mass is 10.3. The van der Waals surface area contributed by atoms with Crippen molar-refractivity contribution in [3.05, 3.63) is 40.5 Å². The second-order valence-electron chi connectivity index (χ2n) is 6.16. The zero-order valence-electron chi connectivity index (χ0n) is 15.4. The number of carbonyl (C=O) groups is 2. The maximum absolute atomic E-state index is 12.3. The van der Waals surface area contributed by atoms with Gasteiger partial charge in [-0.05, 0) is 45.9 Å². The number of hydrogen-bond donors (Lipinski definition) is 1. The molecular weight excluding hydrogens is 393 g/mol. The number of ether oxygens (including phenoxy) is 2. The quantitative estimate of drug-likeness (QED) is 0.690. The molecule has 27 heavy (non-hydrogen) atoms. The number of anilines is 1. The van der Waals surface area contributed by atoms with Gasteiger partial charge in [-0.2, -0.15) is 5.10 Å². The summed E-state index contributed by atoms with van der Waals surface area (Å²) in [4.78, 5) is 24.5. The topological polar surface area (TPSA) is 82.5 Å². The Morgan fingerprint density at radius 3 is 2.44 bits per heavy atom. The molecule has 0 aliphatic rings. The Morgan fingerprint density at radius 2 is 1.81 bits per heavy atom. The Kier molecular flexibility index (Phi) is 7.10. The Labute approximate surface area is 167 Å². The van der Waals surface area contributed by atoms with E-state index in [1.54, 1.807) is 29.1 Å². The Hall–Kier alpha value is -2.25. The van der Waals surface area contributed by atoms with Crippen LogP contribution in [0.2, 0.25) is 10.0 Å². The lowest BCUT2D eigenvalue weighted by Crippen LogP contribution is -2.35. The van der Waals surface area contributed by atoms with Crippen LogP contribution in [-0.2, 0) is 14.3 Å². The SMILES string of the molecule is CC(C)n1nccc1NC(=O)[C@H](C)OC(=O)[C@H](C)Oc1ccc(Cl)cc1Cl. The van der Waals surface area contributed by atoms with Gasteiger partial charge in [-0.1, -0.05) is 23.2 Å². The van der Waals surface area contributed by atoms with E-state index in [0.29, 0.717) is 16.6 Å². The predicted molar refractivity (Wildman–Crippen MR) is 103 cm³/mol. The fourth-order valence-corrected chi connectivity index (χ4v) is 2.64. The first-order chi connectivity index (χ1) is 12.7. The molecule has 7 nitrogen and oxygen atoms in total.